The van der Waals surface area contributed by atoms with Crippen molar-refractivity contribution in [2.45, 2.75) is 4.90 Å². The van der Waals surface area contributed by atoms with E-state index in [1.807, 2.05) is 0 Å². The summed E-state index contributed by atoms with van der Waals surface area (Å²) >= 11 is 4.75. The van der Waals surface area contributed by atoms with Crippen molar-refractivity contribution in [1.82, 2.24) is 0 Å². The molecule has 0 saturated heterocycles. The molecule has 0 bridgehead atoms. The van der Waals surface area contributed by atoms with Crippen molar-refractivity contribution in [3.05, 3.63) is 22.8 Å². The molecule has 8 heteroatoms. The second-order valence-corrected chi connectivity index (χ2v) is 4.79. The van der Waals surface area contributed by atoms with Crippen LogP contribution in [-0.4, -0.2) is 13.5 Å². The maximum Gasteiger partial charge on any atom is 0.240 e. The summed E-state index contributed by atoms with van der Waals surface area (Å²) in [6, 6.07) is 2.75. The van der Waals surface area contributed by atoms with E-state index in [1.54, 1.807) is 0 Å². The molecule has 1 aromatic rings. The number of fused-ring (bicyclic) bond motifs is 1. The van der Waals surface area contributed by atoms with E-state index >= 15 is 0 Å². The fourth-order valence-electron chi connectivity index (χ4n) is 1.26. The van der Waals surface area contributed by atoms with Crippen LogP contribution in [0.25, 0.3) is 0 Å². The van der Waals surface area contributed by atoms with Gasteiger partial charge in [-0.2, -0.15) is 0 Å². The van der Waals surface area contributed by atoms with Gasteiger partial charge in [-0.1, -0.05) is 0 Å². The van der Waals surface area contributed by atoms with Gasteiger partial charge in [-0.3, -0.25) is 0 Å². The summed E-state index contributed by atoms with van der Waals surface area (Å²) < 4.78 is 22.3. The molecule has 2 rings (SSSR count). The second-order valence-electron chi connectivity index (χ2n) is 2.90. The number of hydrogen-bond acceptors (Lipinski definition) is 4. The number of nitrogens with zero attached hydrogens (tertiary/aromatic N) is 2. The van der Waals surface area contributed by atoms with Gasteiger partial charge in [0.2, 0.25) is 15.1 Å². The molecule has 1 aliphatic heterocycles. The van der Waals surface area contributed by atoms with Crippen LogP contribution in [0.5, 0.6) is 0 Å². The van der Waals surface area contributed by atoms with Crippen molar-refractivity contribution in [3.8, 4) is 0 Å². The summed E-state index contributed by atoms with van der Waals surface area (Å²) in [5.74, 6) is 0. The van der Waals surface area contributed by atoms with Gasteiger partial charge in [0, 0.05) is 0 Å². The zero-order valence-corrected chi connectivity index (χ0v) is 8.97. The molecule has 1 aromatic carbocycles. The zero-order valence-electron chi connectivity index (χ0n) is 7.34. The van der Waals surface area contributed by atoms with Gasteiger partial charge in [-0.15, -0.1) is 0 Å². The largest absolute Gasteiger partial charge is 0.396 e. The topological polar surface area (TPSA) is 111 Å². The van der Waals surface area contributed by atoms with Gasteiger partial charge in [-0.25, -0.2) is 23.5 Å². The molecule has 0 unspecified atom stereocenters. The van der Waals surface area contributed by atoms with Crippen LogP contribution in [0.15, 0.2) is 27.0 Å². The standard InChI is InChI=1S/C7H6N4O2S2/c8-5-4(15(9,12)13)2-1-3-6(5)11-7(14)10-3/h1-2H,8H2,(H2,9,12,13). The van der Waals surface area contributed by atoms with Crippen LogP contribution in [0, 0.1) is 0 Å². The molecule has 0 aliphatic carbocycles. The molecule has 15 heavy (non-hydrogen) atoms. The van der Waals surface area contributed by atoms with Crippen LogP contribution in [-0.2, 0) is 10.0 Å². The lowest BCUT2D eigenvalue weighted by atomic mass is 10.3. The number of rotatable bonds is 1. The van der Waals surface area contributed by atoms with Gasteiger partial charge in [0.05, 0.1) is 11.0 Å². The van der Waals surface area contributed by atoms with Crippen molar-refractivity contribution in [2.75, 3.05) is 5.73 Å². The lowest BCUT2D eigenvalue weighted by molar-refractivity contribution is 0.598. The highest BCUT2D eigenvalue weighted by molar-refractivity contribution is 7.89. The molecule has 0 aromatic heterocycles. The third-order valence-electron chi connectivity index (χ3n) is 1.89. The second kappa shape index (κ2) is 3.05. The minimum absolute atomic E-state index is 0.0152. The number of benzene rings is 1. The van der Waals surface area contributed by atoms with E-state index in [2.05, 4.69) is 9.98 Å². The molecule has 4 N–H and O–H groups in total. The number of nitrogens with two attached hydrogens (primary N) is 2. The van der Waals surface area contributed by atoms with Crippen molar-refractivity contribution < 1.29 is 8.42 Å². The molecule has 0 amide bonds. The third-order valence-corrected chi connectivity index (χ3v) is 3.04. The summed E-state index contributed by atoms with van der Waals surface area (Å²) in [5.41, 5.74) is 5.60. The summed E-state index contributed by atoms with van der Waals surface area (Å²) in [4.78, 5) is 7.57. The van der Waals surface area contributed by atoms with Gasteiger partial charge >= 0.3 is 0 Å². The van der Waals surface area contributed by atoms with E-state index in [-0.39, 0.29) is 21.1 Å². The van der Waals surface area contributed by atoms with Gasteiger partial charge in [0.25, 0.3) is 0 Å². The lowest BCUT2D eigenvalue weighted by Gasteiger charge is -2.00. The van der Waals surface area contributed by atoms with E-state index in [0.29, 0.717) is 5.36 Å². The molecule has 0 spiro atoms. The average Bonchev–Trinajstić information content (AvgIpc) is 2.44. The Labute approximate surface area is 90.4 Å². The van der Waals surface area contributed by atoms with Crippen LogP contribution in [0.2, 0.25) is 0 Å². The van der Waals surface area contributed by atoms with Gasteiger partial charge in [0.1, 0.15) is 10.3 Å². The van der Waals surface area contributed by atoms with E-state index in [9.17, 15) is 8.42 Å². The lowest BCUT2D eigenvalue weighted by Crippen LogP contribution is -2.29. The highest BCUT2D eigenvalue weighted by Gasteiger charge is 2.16. The van der Waals surface area contributed by atoms with Crippen LogP contribution in [0.4, 0.5) is 5.69 Å². The molecule has 0 atom stereocenters. The van der Waals surface area contributed by atoms with E-state index in [1.165, 1.54) is 12.1 Å². The van der Waals surface area contributed by atoms with Crippen LogP contribution < -0.4 is 21.6 Å². The van der Waals surface area contributed by atoms with Gasteiger partial charge in [-0.05, 0) is 24.4 Å². The molecule has 0 radical (unpaired) electrons. The van der Waals surface area contributed by atoms with E-state index in [0.717, 1.165) is 0 Å². The molecular weight excluding hydrogens is 236 g/mol. The Hall–Kier alpha value is -1.38. The summed E-state index contributed by atoms with van der Waals surface area (Å²) in [5, 5.41) is 5.83. The van der Waals surface area contributed by atoms with Crippen molar-refractivity contribution >= 4 is 33.0 Å². The van der Waals surface area contributed by atoms with Crippen LogP contribution in [0.3, 0.4) is 0 Å². The smallest absolute Gasteiger partial charge is 0.240 e. The predicted molar refractivity (Wildman–Crippen MR) is 57.1 cm³/mol. The summed E-state index contributed by atoms with van der Waals surface area (Å²) in [6.07, 6.45) is 0. The molecule has 0 saturated carbocycles. The Kier molecular flexibility index (Phi) is 2.07. The number of primary sulfonamides is 1. The maximum absolute atomic E-state index is 11.1. The fourth-order valence-corrected chi connectivity index (χ4v) is 2.11. The number of anilines is 1. The van der Waals surface area contributed by atoms with Crippen LogP contribution in [0.1, 0.15) is 0 Å². The summed E-state index contributed by atoms with van der Waals surface area (Å²) in [7, 11) is -3.84. The van der Waals surface area contributed by atoms with Gasteiger partial charge < -0.3 is 5.73 Å². The predicted octanol–water partition coefficient (Wildman–Crippen LogP) is -1.55. The Balaban J connectivity index is 2.92. The molecule has 1 aliphatic rings. The van der Waals surface area contributed by atoms with Crippen molar-refractivity contribution in [2.24, 2.45) is 15.1 Å². The number of hydrogen-bond donors (Lipinski definition) is 2. The highest BCUT2D eigenvalue weighted by Crippen LogP contribution is 2.10. The first-order valence-corrected chi connectivity index (χ1v) is 5.78. The first-order chi connectivity index (χ1) is 6.89. The quantitative estimate of drug-likeness (QED) is 0.459. The fraction of sp³-hybridized carbons (Fsp3) is 0. The normalized spacial score (nSPS) is 14.3. The first-order valence-electron chi connectivity index (χ1n) is 3.82. The Morgan fingerprint density at radius 3 is 2.53 bits per heavy atom. The van der Waals surface area contributed by atoms with Crippen molar-refractivity contribution in [3.63, 3.8) is 0 Å². The third kappa shape index (κ3) is 1.62. The summed E-state index contributed by atoms with van der Waals surface area (Å²) in [6.45, 7) is 0. The van der Waals surface area contributed by atoms with E-state index in [4.69, 9.17) is 23.1 Å². The minimum atomic E-state index is -3.84. The number of thiocarbonyl (C=S) groups is 1. The van der Waals surface area contributed by atoms with E-state index < -0.39 is 10.0 Å². The molecule has 1 heterocycles. The SMILES string of the molecule is Nc1c(S(N)(=O)=O)ccc2c1=NC(=S)N=2. The Morgan fingerprint density at radius 2 is 1.93 bits per heavy atom. The Morgan fingerprint density at radius 1 is 1.27 bits per heavy atom. The number of sulfonamides is 1. The van der Waals surface area contributed by atoms with Crippen LogP contribution >= 0.6 is 12.2 Å². The first kappa shape index (κ1) is 10.1. The molecule has 6 nitrogen and oxygen atoms in total. The average molecular weight is 242 g/mol. The monoisotopic (exact) mass is 242 g/mol. The van der Waals surface area contributed by atoms with Crippen molar-refractivity contribution in [1.29, 1.82) is 0 Å². The minimum Gasteiger partial charge on any atom is -0.396 e. The number of nitrogen functional groups attached to an aromatic ring is 1. The zero-order chi connectivity index (χ0) is 11.2. The molecular formula is C7H6N4O2S2. The molecule has 0 fully saturated rings. The maximum atomic E-state index is 11.1. The molecule has 78 valence electrons. The Bertz CT molecular complexity index is 678. The highest BCUT2D eigenvalue weighted by atomic mass is 32.2. The van der Waals surface area contributed by atoms with Gasteiger partial charge in [0.15, 0.2) is 0 Å².